The molecule has 2 unspecified atom stereocenters. The first-order chi connectivity index (χ1) is 10.1. The second-order valence-corrected chi connectivity index (χ2v) is 7.23. The van der Waals surface area contributed by atoms with E-state index in [2.05, 4.69) is 22.0 Å². The van der Waals surface area contributed by atoms with E-state index < -0.39 is 0 Å². The first-order valence-electron chi connectivity index (χ1n) is 8.76. The van der Waals surface area contributed by atoms with Gasteiger partial charge in [0.05, 0.1) is 0 Å². The highest BCUT2D eigenvalue weighted by molar-refractivity contribution is 5.85. The lowest BCUT2D eigenvalue weighted by Crippen LogP contribution is -2.47. The van der Waals surface area contributed by atoms with Crippen molar-refractivity contribution >= 4 is 30.7 Å². The number of carbonyl (C=O) groups excluding carboxylic acids is 1. The standard InChI is InChI=1S/C17H33N3O.2ClH/c1-14-6-9-19(10-7-14)12-16-5-4-8-20(13-16)17(21)15(2)11-18-3;;/h14-16,18H,4-13H2,1-3H3;2*1H. The van der Waals surface area contributed by atoms with E-state index in [1.807, 2.05) is 14.0 Å². The largest absolute Gasteiger partial charge is 0.342 e. The van der Waals surface area contributed by atoms with E-state index in [9.17, 15) is 4.79 Å². The van der Waals surface area contributed by atoms with Gasteiger partial charge in [0, 0.05) is 32.1 Å². The van der Waals surface area contributed by atoms with Crippen molar-refractivity contribution in [3.63, 3.8) is 0 Å². The molecule has 2 atom stereocenters. The van der Waals surface area contributed by atoms with Gasteiger partial charge in [-0.05, 0) is 57.7 Å². The number of amides is 1. The molecule has 0 saturated carbocycles. The van der Waals surface area contributed by atoms with Gasteiger partial charge in [0.25, 0.3) is 0 Å². The van der Waals surface area contributed by atoms with Crippen molar-refractivity contribution in [1.82, 2.24) is 15.1 Å². The third-order valence-electron chi connectivity index (χ3n) is 5.16. The lowest BCUT2D eigenvalue weighted by molar-refractivity contribution is -0.136. The molecule has 2 heterocycles. The summed E-state index contributed by atoms with van der Waals surface area (Å²) < 4.78 is 0. The summed E-state index contributed by atoms with van der Waals surface area (Å²) in [5, 5.41) is 3.11. The molecule has 138 valence electrons. The molecule has 1 amide bonds. The number of nitrogens with zero attached hydrogens (tertiary/aromatic N) is 2. The van der Waals surface area contributed by atoms with Crippen molar-refractivity contribution in [2.75, 3.05) is 46.3 Å². The van der Waals surface area contributed by atoms with Crippen LogP contribution in [0.2, 0.25) is 0 Å². The zero-order chi connectivity index (χ0) is 15.2. The van der Waals surface area contributed by atoms with Crippen LogP contribution in [-0.4, -0.2) is 62.0 Å². The molecule has 0 aromatic rings. The Kier molecular flexibility index (Phi) is 11.5. The van der Waals surface area contributed by atoms with E-state index in [4.69, 9.17) is 0 Å². The zero-order valence-electron chi connectivity index (χ0n) is 14.9. The summed E-state index contributed by atoms with van der Waals surface area (Å²) in [4.78, 5) is 17.2. The molecule has 4 nitrogen and oxygen atoms in total. The number of halogens is 2. The van der Waals surface area contributed by atoms with E-state index in [-0.39, 0.29) is 30.7 Å². The average Bonchev–Trinajstić information content (AvgIpc) is 2.49. The maximum Gasteiger partial charge on any atom is 0.226 e. The van der Waals surface area contributed by atoms with Crippen LogP contribution in [0.3, 0.4) is 0 Å². The molecule has 2 aliphatic rings. The van der Waals surface area contributed by atoms with Gasteiger partial charge in [-0.3, -0.25) is 4.79 Å². The number of likely N-dealkylation sites (tertiary alicyclic amines) is 2. The topological polar surface area (TPSA) is 35.6 Å². The van der Waals surface area contributed by atoms with Gasteiger partial charge >= 0.3 is 0 Å². The third kappa shape index (κ3) is 7.16. The van der Waals surface area contributed by atoms with Crippen molar-refractivity contribution in [2.45, 2.75) is 39.5 Å². The van der Waals surface area contributed by atoms with Crippen LogP contribution in [0.5, 0.6) is 0 Å². The first-order valence-corrected chi connectivity index (χ1v) is 8.76. The number of nitrogens with one attached hydrogen (secondary N) is 1. The van der Waals surface area contributed by atoms with Gasteiger partial charge in [-0.1, -0.05) is 13.8 Å². The highest BCUT2D eigenvalue weighted by Gasteiger charge is 2.28. The SMILES string of the molecule is CNCC(C)C(=O)N1CCCC(CN2CCC(C)CC2)C1.Cl.Cl. The van der Waals surface area contributed by atoms with Crippen molar-refractivity contribution < 1.29 is 4.79 Å². The molecule has 0 spiro atoms. The lowest BCUT2D eigenvalue weighted by atomic mass is 9.93. The Balaban J connectivity index is 0.00000242. The number of carbonyl (C=O) groups is 1. The van der Waals surface area contributed by atoms with E-state index >= 15 is 0 Å². The van der Waals surface area contributed by atoms with Crippen molar-refractivity contribution in [1.29, 1.82) is 0 Å². The van der Waals surface area contributed by atoms with Crippen LogP contribution in [-0.2, 0) is 4.79 Å². The molecule has 0 bridgehead atoms. The Morgan fingerprint density at radius 3 is 2.43 bits per heavy atom. The number of rotatable bonds is 5. The molecule has 0 aromatic heterocycles. The van der Waals surface area contributed by atoms with Gasteiger partial charge in [0.15, 0.2) is 0 Å². The molecular formula is C17H35Cl2N3O. The molecule has 2 rings (SSSR count). The molecule has 0 aromatic carbocycles. The van der Waals surface area contributed by atoms with Crippen LogP contribution >= 0.6 is 24.8 Å². The monoisotopic (exact) mass is 367 g/mol. The van der Waals surface area contributed by atoms with E-state index in [0.29, 0.717) is 11.8 Å². The summed E-state index contributed by atoms with van der Waals surface area (Å²) >= 11 is 0. The van der Waals surface area contributed by atoms with Crippen LogP contribution in [0.1, 0.15) is 39.5 Å². The molecule has 0 aliphatic carbocycles. The molecule has 2 fully saturated rings. The third-order valence-corrected chi connectivity index (χ3v) is 5.16. The van der Waals surface area contributed by atoms with Gasteiger partial charge < -0.3 is 15.1 Å². The van der Waals surface area contributed by atoms with Crippen molar-refractivity contribution in [3.8, 4) is 0 Å². The van der Waals surface area contributed by atoms with Gasteiger partial charge in [0.2, 0.25) is 5.91 Å². The van der Waals surface area contributed by atoms with Crippen molar-refractivity contribution in [2.24, 2.45) is 17.8 Å². The van der Waals surface area contributed by atoms with E-state index in [1.54, 1.807) is 0 Å². The fourth-order valence-corrected chi connectivity index (χ4v) is 3.73. The van der Waals surface area contributed by atoms with Crippen molar-refractivity contribution in [3.05, 3.63) is 0 Å². The Bertz CT molecular complexity index is 336. The van der Waals surface area contributed by atoms with Crippen LogP contribution in [0.4, 0.5) is 0 Å². The second kappa shape index (κ2) is 11.5. The first kappa shape index (κ1) is 23.0. The molecule has 0 radical (unpaired) electrons. The normalized spacial score (nSPS) is 24.5. The predicted molar refractivity (Wildman–Crippen MR) is 102 cm³/mol. The fourth-order valence-electron chi connectivity index (χ4n) is 3.73. The minimum atomic E-state index is 0. The fraction of sp³-hybridized carbons (Fsp3) is 0.941. The quantitative estimate of drug-likeness (QED) is 0.811. The summed E-state index contributed by atoms with van der Waals surface area (Å²) in [6.45, 7) is 10.8. The lowest BCUT2D eigenvalue weighted by Gasteiger charge is -2.38. The zero-order valence-corrected chi connectivity index (χ0v) is 16.6. The highest BCUT2D eigenvalue weighted by atomic mass is 35.5. The van der Waals surface area contributed by atoms with Crippen LogP contribution in [0, 0.1) is 17.8 Å². The summed E-state index contributed by atoms with van der Waals surface area (Å²) in [5.41, 5.74) is 0. The minimum Gasteiger partial charge on any atom is -0.342 e. The molecule has 6 heteroatoms. The Morgan fingerprint density at radius 1 is 1.17 bits per heavy atom. The summed E-state index contributed by atoms with van der Waals surface area (Å²) in [6, 6.07) is 0. The molecule has 2 saturated heterocycles. The molecule has 23 heavy (non-hydrogen) atoms. The smallest absolute Gasteiger partial charge is 0.226 e. The van der Waals surface area contributed by atoms with Crippen LogP contribution < -0.4 is 5.32 Å². The number of hydrogen-bond donors (Lipinski definition) is 1. The predicted octanol–water partition coefficient (Wildman–Crippen LogP) is 2.66. The van der Waals surface area contributed by atoms with E-state index in [0.717, 1.165) is 25.6 Å². The average molecular weight is 368 g/mol. The second-order valence-electron chi connectivity index (χ2n) is 7.23. The van der Waals surface area contributed by atoms with Gasteiger partial charge in [-0.15, -0.1) is 24.8 Å². The van der Waals surface area contributed by atoms with Crippen LogP contribution in [0.15, 0.2) is 0 Å². The Labute approximate surface area is 154 Å². The Hall–Kier alpha value is -0.0300. The van der Waals surface area contributed by atoms with Crippen LogP contribution in [0.25, 0.3) is 0 Å². The summed E-state index contributed by atoms with van der Waals surface area (Å²) in [5.74, 6) is 2.01. The molecule has 2 aliphatic heterocycles. The van der Waals surface area contributed by atoms with Gasteiger partial charge in [-0.2, -0.15) is 0 Å². The maximum absolute atomic E-state index is 12.4. The number of piperidine rings is 2. The number of hydrogen-bond acceptors (Lipinski definition) is 3. The Morgan fingerprint density at radius 2 is 1.83 bits per heavy atom. The maximum atomic E-state index is 12.4. The summed E-state index contributed by atoms with van der Waals surface area (Å²) in [7, 11) is 1.92. The van der Waals surface area contributed by atoms with Gasteiger partial charge in [0.1, 0.15) is 0 Å². The highest BCUT2D eigenvalue weighted by Crippen LogP contribution is 2.22. The molecule has 1 N–H and O–H groups in total. The minimum absolute atomic E-state index is 0. The van der Waals surface area contributed by atoms with E-state index in [1.165, 1.54) is 45.3 Å². The van der Waals surface area contributed by atoms with Gasteiger partial charge in [-0.25, -0.2) is 0 Å². The summed E-state index contributed by atoms with van der Waals surface area (Å²) in [6.07, 6.45) is 5.15. The molecular weight excluding hydrogens is 333 g/mol.